The van der Waals surface area contributed by atoms with Crippen LogP contribution in [0.15, 0.2) is 53.5 Å². The predicted molar refractivity (Wildman–Crippen MR) is 102 cm³/mol. The smallest absolute Gasteiger partial charge is 0.336 e. The Kier molecular flexibility index (Phi) is 8.32. The van der Waals surface area contributed by atoms with E-state index in [1.54, 1.807) is 13.0 Å². The Bertz CT molecular complexity index is 625. The van der Waals surface area contributed by atoms with E-state index in [0.717, 1.165) is 19.3 Å². The molecule has 1 aliphatic carbocycles. The lowest BCUT2D eigenvalue weighted by molar-refractivity contribution is -0.153. The van der Waals surface area contributed by atoms with Crippen molar-refractivity contribution in [1.29, 1.82) is 0 Å². The zero-order valence-electron chi connectivity index (χ0n) is 14.6. The van der Waals surface area contributed by atoms with E-state index in [-0.39, 0.29) is 5.91 Å². The average molecular weight is 359 g/mol. The molecule has 1 atom stereocenters. The lowest BCUT2D eigenvalue weighted by Gasteiger charge is -2.22. The molecule has 0 spiro atoms. The number of carbonyl (C=O) groups excluding carboxylic acids is 2. The molecule has 1 aromatic rings. The molecule has 5 heteroatoms. The Labute approximate surface area is 153 Å². The Morgan fingerprint density at radius 1 is 1.32 bits per heavy atom. The number of hydroxylamine groups is 1. The van der Waals surface area contributed by atoms with E-state index in [1.165, 1.54) is 29.4 Å². The fourth-order valence-electron chi connectivity index (χ4n) is 2.48. The first-order valence-corrected chi connectivity index (χ1v) is 9.57. The molecule has 25 heavy (non-hydrogen) atoms. The van der Waals surface area contributed by atoms with Gasteiger partial charge in [0.05, 0.1) is 0 Å². The fraction of sp³-hybridized carbons (Fsp3) is 0.400. The molecule has 1 aromatic carbocycles. The Balaban J connectivity index is 1.74. The van der Waals surface area contributed by atoms with Gasteiger partial charge in [0.15, 0.2) is 0 Å². The van der Waals surface area contributed by atoms with Gasteiger partial charge in [-0.3, -0.25) is 4.79 Å². The predicted octanol–water partition coefficient (Wildman–Crippen LogP) is 4.33. The molecular formula is C20H25NO3S. The molecule has 0 saturated heterocycles. The number of nitrogens with one attached hydrogen (secondary N) is 1. The summed E-state index contributed by atoms with van der Waals surface area (Å²) >= 11 is 1.94. The second-order valence-electron chi connectivity index (χ2n) is 5.98. The van der Waals surface area contributed by atoms with E-state index >= 15 is 0 Å². The molecule has 4 nitrogen and oxygen atoms in total. The van der Waals surface area contributed by atoms with Crippen molar-refractivity contribution in [3.63, 3.8) is 0 Å². The summed E-state index contributed by atoms with van der Waals surface area (Å²) < 4.78 is 0. The van der Waals surface area contributed by atoms with Crippen LogP contribution in [0.1, 0.15) is 44.6 Å². The molecule has 1 amide bonds. The van der Waals surface area contributed by atoms with Crippen LogP contribution in [0.2, 0.25) is 0 Å². The molecule has 134 valence electrons. The summed E-state index contributed by atoms with van der Waals surface area (Å²) in [4.78, 5) is 29.0. The van der Waals surface area contributed by atoms with Crippen LogP contribution in [0.5, 0.6) is 0 Å². The monoisotopic (exact) mass is 359 g/mol. The van der Waals surface area contributed by atoms with Gasteiger partial charge >= 0.3 is 5.97 Å². The number of hydrogen-bond donors (Lipinski definition) is 1. The first kappa shape index (κ1) is 19.3. The third-order valence-corrected chi connectivity index (χ3v) is 5.29. The summed E-state index contributed by atoms with van der Waals surface area (Å²) in [5.41, 5.74) is 3.52. The van der Waals surface area contributed by atoms with Crippen molar-refractivity contribution in [2.24, 2.45) is 0 Å². The van der Waals surface area contributed by atoms with Crippen molar-refractivity contribution in [3.05, 3.63) is 59.0 Å². The highest BCUT2D eigenvalue weighted by atomic mass is 32.2. The van der Waals surface area contributed by atoms with Crippen LogP contribution in [0.4, 0.5) is 0 Å². The summed E-state index contributed by atoms with van der Waals surface area (Å²) in [5.74, 6) is -0.825. The Morgan fingerprint density at radius 3 is 2.72 bits per heavy atom. The first-order valence-electron chi connectivity index (χ1n) is 8.69. The third kappa shape index (κ3) is 7.61. The lowest BCUT2D eigenvalue weighted by Crippen LogP contribution is -2.26. The van der Waals surface area contributed by atoms with Gasteiger partial charge in [0, 0.05) is 17.7 Å². The number of thioether (sulfide) groups is 1. The van der Waals surface area contributed by atoms with Crippen molar-refractivity contribution < 1.29 is 14.4 Å². The second kappa shape index (κ2) is 10.8. The van der Waals surface area contributed by atoms with Crippen LogP contribution in [0.3, 0.4) is 0 Å². The maximum Gasteiger partial charge on any atom is 0.355 e. The minimum atomic E-state index is -0.565. The quantitative estimate of drug-likeness (QED) is 0.527. The molecule has 0 saturated carbocycles. The summed E-state index contributed by atoms with van der Waals surface area (Å²) in [6.45, 7) is 1.71. The average Bonchev–Trinajstić information content (AvgIpc) is 2.57. The molecule has 0 fully saturated rings. The van der Waals surface area contributed by atoms with Crippen LogP contribution in [0.25, 0.3) is 0 Å². The number of benzene rings is 1. The molecule has 0 aromatic heterocycles. The van der Waals surface area contributed by atoms with Gasteiger partial charge < -0.3 is 4.84 Å². The van der Waals surface area contributed by atoms with Gasteiger partial charge in [-0.15, -0.1) is 11.8 Å². The van der Waals surface area contributed by atoms with Crippen molar-refractivity contribution >= 4 is 23.6 Å². The maximum absolute atomic E-state index is 11.8. The number of hydrogen-bond acceptors (Lipinski definition) is 4. The van der Waals surface area contributed by atoms with Gasteiger partial charge in [-0.2, -0.15) is 5.48 Å². The summed E-state index contributed by atoms with van der Waals surface area (Å²) in [6, 6.07) is 10.4. The lowest BCUT2D eigenvalue weighted by atomic mass is 10.1. The van der Waals surface area contributed by atoms with E-state index in [1.807, 2.05) is 17.8 Å². The highest BCUT2D eigenvalue weighted by Gasteiger charge is 2.16. The van der Waals surface area contributed by atoms with Crippen molar-refractivity contribution in [3.8, 4) is 0 Å². The van der Waals surface area contributed by atoms with E-state index in [0.29, 0.717) is 11.7 Å². The number of allylic oxidation sites excluding steroid dienone is 3. The van der Waals surface area contributed by atoms with Gasteiger partial charge in [-0.25, -0.2) is 4.79 Å². The van der Waals surface area contributed by atoms with E-state index in [9.17, 15) is 9.59 Å². The topological polar surface area (TPSA) is 55.4 Å². The SMILES string of the molecule is CC=CC(=O)ONC(=O)CCCC(Cc1ccccc1)SC1=CCC1. The fourth-order valence-corrected chi connectivity index (χ4v) is 3.92. The molecule has 1 N–H and O–H groups in total. The van der Waals surface area contributed by atoms with Crippen LogP contribution in [-0.4, -0.2) is 17.1 Å². The van der Waals surface area contributed by atoms with Gasteiger partial charge in [-0.1, -0.05) is 42.5 Å². The number of amides is 1. The minimum Gasteiger partial charge on any atom is -0.336 e. The van der Waals surface area contributed by atoms with Gasteiger partial charge in [-0.05, 0) is 49.5 Å². The molecule has 1 unspecified atom stereocenters. The van der Waals surface area contributed by atoms with E-state index < -0.39 is 5.97 Å². The first-order chi connectivity index (χ1) is 12.2. The molecule has 0 bridgehead atoms. The normalized spacial score (nSPS) is 14.5. The van der Waals surface area contributed by atoms with Crippen molar-refractivity contribution in [2.75, 3.05) is 0 Å². The molecule has 1 aliphatic rings. The van der Waals surface area contributed by atoms with E-state index in [2.05, 4.69) is 40.7 Å². The van der Waals surface area contributed by atoms with Gasteiger partial charge in [0.2, 0.25) is 0 Å². The van der Waals surface area contributed by atoms with Crippen molar-refractivity contribution in [2.45, 2.75) is 50.7 Å². The van der Waals surface area contributed by atoms with E-state index in [4.69, 9.17) is 0 Å². The maximum atomic E-state index is 11.8. The van der Waals surface area contributed by atoms with Crippen LogP contribution < -0.4 is 5.48 Å². The summed E-state index contributed by atoms with van der Waals surface area (Å²) in [5, 5.41) is 0.465. The third-order valence-electron chi connectivity index (χ3n) is 3.89. The molecule has 0 radical (unpaired) electrons. The standard InChI is InChI=1S/C20H25NO3S/c1-2-8-20(23)24-21-19(22)14-7-13-18(25-17-11-6-12-17)15-16-9-4-3-5-10-16/h2-5,8-11,18H,6-7,12-15H2,1H3,(H,21,22). The van der Waals surface area contributed by atoms with Crippen LogP contribution in [0, 0.1) is 0 Å². The Hall–Kier alpha value is -2.01. The highest BCUT2D eigenvalue weighted by Crippen LogP contribution is 2.36. The Morgan fingerprint density at radius 2 is 2.08 bits per heavy atom. The van der Waals surface area contributed by atoms with Crippen molar-refractivity contribution in [1.82, 2.24) is 5.48 Å². The largest absolute Gasteiger partial charge is 0.355 e. The van der Waals surface area contributed by atoms with Crippen LogP contribution >= 0.6 is 11.8 Å². The molecule has 0 aliphatic heterocycles. The highest BCUT2D eigenvalue weighted by molar-refractivity contribution is 8.03. The second-order valence-corrected chi connectivity index (χ2v) is 7.40. The number of rotatable bonds is 9. The van der Waals surface area contributed by atoms with Gasteiger partial charge in [0.1, 0.15) is 0 Å². The minimum absolute atomic E-state index is 0.260. The molecule has 0 heterocycles. The summed E-state index contributed by atoms with van der Waals surface area (Å²) in [7, 11) is 0. The zero-order chi connectivity index (χ0) is 17.9. The molecule has 2 rings (SSSR count). The number of carbonyl (C=O) groups is 2. The summed E-state index contributed by atoms with van der Waals surface area (Å²) in [6.07, 6.45) is 10.6. The zero-order valence-corrected chi connectivity index (χ0v) is 15.4. The molecular weight excluding hydrogens is 334 g/mol. The van der Waals surface area contributed by atoms with Crippen LogP contribution in [-0.2, 0) is 20.8 Å². The van der Waals surface area contributed by atoms with Gasteiger partial charge in [0.25, 0.3) is 5.91 Å².